The van der Waals surface area contributed by atoms with Gasteiger partial charge in [-0.1, -0.05) is 6.07 Å². The first-order valence-corrected chi connectivity index (χ1v) is 6.84. The number of primary amides is 1. The summed E-state index contributed by atoms with van der Waals surface area (Å²) in [4.78, 5) is 11.1. The lowest BCUT2D eigenvalue weighted by Gasteiger charge is -2.08. The number of benzene rings is 1. The van der Waals surface area contributed by atoms with Gasteiger partial charge in [0.25, 0.3) is 0 Å². The van der Waals surface area contributed by atoms with Gasteiger partial charge in [0.1, 0.15) is 9.21 Å². The molecule has 18 heavy (non-hydrogen) atoms. The maximum Gasteiger partial charge on any atom is 0.248 e. The van der Waals surface area contributed by atoms with E-state index in [1.807, 2.05) is 23.7 Å². The van der Waals surface area contributed by atoms with E-state index >= 15 is 0 Å². The summed E-state index contributed by atoms with van der Waals surface area (Å²) < 4.78 is 3.50. The summed E-state index contributed by atoms with van der Waals surface area (Å²) in [6.45, 7) is 2.59. The molecule has 0 unspecified atom stereocenters. The van der Waals surface area contributed by atoms with Gasteiger partial charge >= 0.3 is 0 Å². The first-order chi connectivity index (χ1) is 8.47. The lowest BCUT2D eigenvalue weighted by molar-refractivity contribution is 0.1000. The standard InChI is InChI=1S/C12H11Br2N3O/c1-7-4-8(12(15)18)2-3-9(7)6-17-11(14)5-10(13)16-17/h2-5H,6H2,1H3,(H2,15,18). The predicted octanol–water partition coefficient (Wildman–Crippen LogP) is 2.86. The highest BCUT2D eigenvalue weighted by Gasteiger charge is 2.08. The van der Waals surface area contributed by atoms with Gasteiger partial charge in [-0.05, 0) is 62.0 Å². The Balaban J connectivity index is 2.30. The number of hydrogen-bond donors (Lipinski definition) is 1. The summed E-state index contributed by atoms with van der Waals surface area (Å²) in [7, 11) is 0. The first-order valence-electron chi connectivity index (χ1n) is 5.25. The molecule has 1 aromatic heterocycles. The molecule has 1 amide bonds. The average molecular weight is 373 g/mol. The topological polar surface area (TPSA) is 60.9 Å². The number of amides is 1. The van der Waals surface area contributed by atoms with Crippen molar-refractivity contribution in [2.45, 2.75) is 13.5 Å². The van der Waals surface area contributed by atoms with Crippen LogP contribution < -0.4 is 5.73 Å². The minimum Gasteiger partial charge on any atom is -0.366 e. The van der Waals surface area contributed by atoms with Crippen LogP contribution in [-0.2, 0) is 6.54 Å². The van der Waals surface area contributed by atoms with E-state index in [4.69, 9.17) is 5.73 Å². The molecule has 94 valence electrons. The number of nitrogens with two attached hydrogens (primary N) is 1. The van der Waals surface area contributed by atoms with Gasteiger partial charge in [-0.3, -0.25) is 9.48 Å². The number of halogens is 2. The van der Waals surface area contributed by atoms with Gasteiger partial charge in [-0.25, -0.2) is 0 Å². The minimum absolute atomic E-state index is 0.410. The Labute approximate surface area is 121 Å². The van der Waals surface area contributed by atoms with E-state index in [1.165, 1.54) is 0 Å². The molecular formula is C12H11Br2N3O. The largest absolute Gasteiger partial charge is 0.366 e. The summed E-state index contributed by atoms with van der Waals surface area (Å²) in [5, 5.41) is 4.30. The van der Waals surface area contributed by atoms with Crippen LogP contribution in [0.3, 0.4) is 0 Å². The summed E-state index contributed by atoms with van der Waals surface area (Å²) in [5.74, 6) is -0.410. The van der Waals surface area contributed by atoms with Gasteiger partial charge in [0.15, 0.2) is 0 Å². The lowest BCUT2D eigenvalue weighted by Crippen LogP contribution is -2.12. The highest BCUT2D eigenvalue weighted by Crippen LogP contribution is 2.19. The van der Waals surface area contributed by atoms with Crippen molar-refractivity contribution < 1.29 is 4.79 Å². The third-order valence-corrected chi connectivity index (χ3v) is 3.67. The monoisotopic (exact) mass is 371 g/mol. The van der Waals surface area contributed by atoms with Crippen LogP contribution in [0.1, 0.15) is 21.5 Å². The zero-order valence-electron chi connectivity index (χ0n) is 9.65. The van der Waals surface area contributed by atoms with E-state index in [0.29, 0.717) is 12.1 Å². The Morgan fingerprint density at radius 2 is 2.11 bits per heavy atom. The molecule has 0 aliphatic heterocycles. The van der Waals surface area contributed by atoms with Crippen LogP contribution in [0.4, 0.5) is 0 Å². The normalized spacial score (nSPS) is 10.6. The number of rotatable bonds is 3. The van der Waals surface area contributed by atoms with Crippen LogP contribution in [0.2, 0.25) is 0 Å². The number of aryl methyl sites for hydroxylation is 1. The number of nitrogens with zero attached hydrogens (tertiary/aromatic N) is 2. The summed E-state index contributed by atoms with van der Waals surface area (Å²) in [5.41, 5.74) is 7.88. The zero-order chi connectivity index (χ0) is 13.3. The minimum atomic E-state index is -0.410. The van der Waals surface area contributed by atoms with Gasteiger partial charge in [-0.15, -0.1) is 0 Å². The third kappa shape index (κ3) is 2.81. The molecule has 0 bridgehead atoms. The second-order valence-corrected chi connectivity index (χ2v) is 5.58. The number of aromatic nitrogens is 2. The Hall–Kier alpha value is -1.14. The molecule has 0 spiro atoms. The molecule has 4 nitrogen and oxygen atoms in total. The second-order valence-electron chi connectivity index (χ2n) is 3.95. The van der Waals surface area contributed by atoms with Crippen molar-refractivity contribution >= 4 is 37.8 Å². The van der Waals surface area contributed by atoms with Gasteiger partial charge in [0, 0.05) is 11.6 Å². The second kappa shape index (κ2) is 5.24. The molecule has 0 fully saturated rings. The van der Waals surface area contributed by atoms with Gasteiger partial charge in [0.05, 0.1) is 6.54 Å². The lowest BCUT2D eigenvalue weighted by atomic mass is 10.0. The Morgan fingerprint density at radius 3 is 2.61 bits per heavy atom. The molecule has 0 atom stereocenters. The van der Waals surface area contributed by atoms with Gasteiger partial charge < -0.3 is 5.73 Å². The van der Waals surface area contributed by atoms with Crippen molar-refractivity contribution in [3.05, 3.63) is 50.2 Å². The van der Waals surface area contributed by atoms with Crippen LogP contribution in [0.25, 0.3) is 0 Å². The van der Waals surface area contributed by atoms with E-state index in [2.05, 4.69) is 37.0 Å². The molecule has 0 saturated carbocycles. The SMILES string of the molecule is Cc1cc(C(N)=O)ccc1Cn1nc(Br)cc1Br. The number of carbonyl (C=O) groups excluding carboxylic acids is 1. The zero-order valence-corrected chi connectivity index (χ0v) is 12.8. The molecular weight excluding hydrogens is 362 g/mol. The fourth-order valence-electron chi connectivity index (χ4n) is 1.66. The predicted molar refractivity (Wildman–Crippen MR) is 76.4 cm³/mol. The van der Waals surface area contributed by atoms with E-state index in [9.17, 15) is 4.79 Å². The fraction of sp³-hybridized carbons (Fsp3) is 0.167. The number of hydrogen-bond acceptors (Lipinski definition) is 2. The molecule has 1 heterocycles. The summed E-state index contributed by atoms with van der Waals surface area (Å²) in [6.07, 6.45) is 0. The van der Waals surface area contributed by atoms with Crippen molar-refractivity contribution in [2.24, 2.45) is 5.73 Å². The Kier molecular flexibility index (Phi) is 3.87. The quantitative estimate of drug-likeness (QED) is 0.900. The summed E-state index contributed by atoms with van der Waals surface area (Å²) in [6, 6.07) is 7.31. The molecule has 2 aromatic rings. The summed E-state index contributed by atoms with van der Waals surface area (Å²) >= 11 is 6.76. The van der Waals surface area contributed by atoms with Crippen LogP contribution in [0, 0.1) is 6.92 Å². The van der Waals surface area contributed by atoms with Gasteiger partial charge in [0.2, 0.25) is 5.91 Å². The average Bonchev–Trinajstić information content (AvgIpc) is 2.60. The van der Waals surface area contributed by atoms with E-state index in [0.717, 1.165) is 20.3 Å². The van der Waals surface area contributed by atoms with Crippen molar-refractivity contribution in [3.8, 4) is 0 Å². The van der Waals surface area contributed by atoms with Crippen LogP contribution in [-0.4, -0.2) is 15.7 Å². The molecule has 0 saturated heterocycles. The van der Waals surface area contributed by atoms with E-state index < -0.39 is 5.91 Å². The van der Waals surface area contributed by atoms with E-state index in [1.54, 1.807) is 12.1 Å². The van der Waals surface area contributed by atoms with Crippen molar-refractivity contribution in [3.63, 3.8) is 0 Å². The first kappa shape index (κ1) is 13.3. The smallest absolute Gasteiger partial charge is 0.248 e. The van der Waals surface area contributed by atoms with Crippen LogP contribution in [0.15, 0.2) is 33.5 Å². The fourth-order valence-corrected chi connectivity index (χ4v) is 2.80. The van der Waals surface area contributed by atoms with Crippen molar-refractivity contribution in [1.29, 1.82) is 0 Å². The molecule has 2 N–H and O–H groups in total. The van der Waals surface area contributed by atoms with Crippen LogP contribution >= 0.6 is 31.9 Å². The molecule has 0 radical (unpaired) electrons. The Bertz CT molecular complexity index is 607. The van der Waals surface area contributed by atoms with Crippen molar-refractivity contribution in [2.75, 3.05) is 0 Å². The molecule has 1 aromatic carbocycles. The van der Waals surface area contributed by atoms with Crippen LogP contribution in [0.5, 0.6) is 0 Å². The maximum atomic E-state index is 11.1. The van der Waals surface area contributed by atoms with Crippen molar-refractivity contribution in [1.82, 2.24) is 9.78 Å². The number of carbonyl (C=O) groups is 1. The molecule has 0 aliphatic rings. The van der Waals surface area contributed by atoms with E-state index in [-0.39, 0.29) is 0 Å². The molecule has 6 heteroatoms. The molecule has 0 aliphatic carbocycles. The highest BCUT2D eigenvalue weighted by molar-refractivity contribution is 9.11. The van der Waals surface area contributed by atoms with Gasteiger partial charge in [-0.2, -0.15) is 5.10 Å². The maximum absolute atomic E-state index is 11.1. The molecule has 2 rings (SSSR count). The Morgan fingerprint density at radius 1 is 1.39 bits per heavy atom. The third-order valence-electron chi connectivity index (χ3n) is 2.65. The highest BCUT2D eigenvalue weighted by atomic mass is 79.9.